The van der Waals surface area contributed by atoms with Crippen LogP contribution in [0, 0.1) is 0 Å². The molecule has 3 rings (SSSR count). The Morgan fingerprint density at radius 1 is 1.35 bits per heavy atom. The van der Waals surface area contributed by atoms with E-state index >= 15 is 0 Å². The maximum atomic E-state index is 5.06. The lowest BCUT2D eigenvalue weighted by Gasteiger charge is -2.41. The zero-order valence-corrected chi connectivity index (χ0v) is 11.7. The number of hydrogen-bond donors (Lipinski definition) is 1. The quantitative estimate of drug-likeness (QED) is 0.912. The van der Waals surface area contributed by atoms with Gasteiger partial charge in [0.1, 0.15) is 0 Å². The molecule has 1 N–H and O–H groups in total. The number of aromatic nitrogens is 2. The van der Waals surface area contributed by atoms with Crippen LogP contribution in [0.5, 0.6) is 0 Å². The molecule has 0 amide bonds. The smallest absolute Gasteiger partial charge is 0.227 e. The van der Waals surface area contributed by atoms with E-state index in [1.165, 1.54) is 11.9 Å². The van der Waals surface area contributed by atoms with Crippen LogP contribution in [0.3, 0.4) is 0 Å². The van der Waals surface area contributed by atoms with Gasteiger partial charge in [0, 0.05) is 32.6 Å². The van der Waals surface area contributed by atoms with Crippen molar-refractivity contribution in [3.8, 4) is 0 Å². The van der Waals surface area contributed by atoms with E-state index in [-0.39, 0.29) is 5.54 Å². The largest absolute Gasteiger partial charge is 0.340 e. The van der Waals surface area contributed by atoms with Crippen molar-refractivity contribution in [3.05, 3.63) is 48.1 Å². The van der Waals surface area contributed by atoms with Crippen molar-refractivity contribution in [3.63, 3.8) is 0 Å². The number of nitrogens with zero attached hydrogens (tertiary/aromatic N) is 3. The van der Waals surface area contributed by atoms with E-state index in [1.807, 2.05) is 0 Å². The predicted molar refractivity (Wildman–Crippen MR) is 76.2 cm³/mol. The van der Waals surface area contributed by atoms with E-state index in [0.29, 0.717) is 5.89 Å². The highest BCUT2D eigenvalue weighted by molar-refractivity contribution is 5.24. The summed E-state index contributed by atoms with van der Waals surface area (Å²) in [5, 5.41) is 7.29. The van der Waals surface area contributed by atoms with Crippen LogP contribution in [0.2, 0.25) is 0 Å². The minimum absolute atomic E-state index is 0.00829. The molecule has 1 aliphatic rings. The van der Waals surface area contributed by atoms with E-state index < -0.39 is 0 Å². The molecule has 0 radical (unpaired) electrons. The zero-order chi connectivity index (χ0) is 13.8. The number of benzene rings is 1. The Morgan fingerprint density at radius 2 is 2.20 bits per heavy atom. The van der Waals surface area contributed by atoms with E-state index in [2.05, 4.69) is 57.6 Å². The van der Waals surface area contributed by atoms with E-state index in [9.17, 15) is 0 Å². The van der Waals surface area contributed by atoms with E-state index in [1.54, 1.807) is 0 Å². The van der Waals surface area contributed by atoms with Crippen molar-refractivity contribution in [1.82, 2.24) is 20.4 Å². The molecule has 1 fully saturated rings. The molecule has 2 heterocycles. The summed E-state index contributed by atoms with van der Waals surface area (Å²) in [6.07, 6.45) is 2.27. The van der Waals surface area contributed by atoms with Gasteiger partial charge in [0.15, 0.2) is 6.33 Å². The van der Waals surface area contributed by atoms with Gasteiger partial charge in [-0.15, -0.1) is 0 Å². The summed E-state index contributed by atoms with van der Waals surface area (Å²) in [6, 6.07) is 10.6. The summed E-state index contributed by atoms with van der Waals surface area (Å²) in [5.41, 5.74) is 1.34. The molecule has 0 aliphatic carbocycles. The first kappa shape index (κ1) is 13.3. The number of piperazine rings is 1. The fourth-order valence-corrected chi connectivity index (χ4v) is 2.82. The monoisotopic (exact) mass is 272 g/mol. The lowest BCUT2D eigenvalue weighted by Crippen LogP contribution is -2.56. The molecule has 2 aromatic rings. The molecular formula is C15H20N4O. The molecule has 1 saturated heterocycles. The molecule has 1 unspecified atom stereocenters. The second kappa shape index (κ2) is 5.73. The fourth-order valence-electron chi connectivity index (χ4n) is 2.82. The van der Waals surface area contributed by atoms with Crippen LogP contribution in [-0.4, -0.2) is 41.2 Å². The van der Waals surface area contributed by atoms with Crippen molar-refractivity contribution >= 4 is 0 Å². The van der Waals surface area contributed by atoms with Crippen LogP contribution in [-0.2, 0) is 12.0 Å². The molecule has 1 atom stereocenters. The third-order valence-corrected chi connectivity index (χ3v) is 3.94. The van der Waals surface area contributed by atoms with Crippen LogP contribution in [0.15, 0.2) is 41.2 Å². The first-order valence-corrected chi connectivity index (χ1v) is 7.05. The third-order valence-electron chi connectivity index (χ3n) is 3.94. The molecule has 5 heteroatoms. The van der Waals surface area contributed by atoms with Gasteiger partial charge in [-0.25, -0.2) is 0 Å². The van der Waals surface area contributed by atoms with Crippen molar-refractivity contribution in [2.45, 2.75) is 18.9 Å². The molecule has 106 valence electrons. The van der Waals surface area contributed by atoms with Gasteiger partial charge >= 0.3 is 0 Å². The normalized spacial score (nSPS) is 23.9. The predicted octanol–water partition coefficient (Wildman–Crippen LogP) is 1.43. The summed E-state index contributed by atoms with van der Waals surface area (Å²) in [5.74, 6) is 0.713. The summed E-state index contributed by atoms with van der Waals surface area (Å²) in [4.78, 5) is 6.53. The van der Waals surface area contributed by atoms with Crippen LogP contribution in [0.1, 0.15) is 18.4 Å². The second-order valence-corrected chi connectivity index (χ2v) is 5.49. The standard InChI is InChI=1S/C15H20N4O/c1-15(13-5-3-2-4-6-13)11-19(10-8-17-15)9-7-14-16-12-18-20-14/h2-6,12,17H,7-11H2,1H3. The maximum absolute atomic E-state index is 5.06. The lowest BCUT2D eigenvalue weighted by atomic mass is 9.89. The van der Waals surface area contributed by atoms with Gasteiger partial charge in [-0.05, 0) is 12.5 Å². The molecule has 0 spiro atoms. The lowest BCUT2D eigenvalue weighted by molar-refractivity contribution is 0.141. The van der Waals surface area contributed by atoms with Gasteiger partial charge in [0.2, 0.25) is 5.89 Å². The maximum Gasteiger partial charge on any atom is 0.227 e. The Balaban J connectivity index is 1.64. The highest BCUT2D eigenvalue weighted by Crippen LogP contribution is 2.24. The zero-order valence-electron chi connectivity index (χ0n) is 11.7. The van der Waals surface area contributed by atoms with Crippen LogP contribution >= 0.6 is 0 Å². The topological polar surface area (TPSA) is 54.2 Å². The Kier molecular flexibility index (Phi) is 3.80. The van der Waals surface area contributed by atoms with Crippen molar-refractivity contribution in [2.24, 2.45) is 0 Å². The molecule has 0 saturated carbocycles. The second-order valence-electron chi connectivity index (χ2n) is 5.49. The van der Waals surface area contributed by atoms with Gasteiger partial charge in [-0.1, -0.05) is 35.5 Å². The fraction of sp³-hybridized carbons (Fsp3) is 0.467. The van der Waals surface area contributed by atoms with Crippen LogP contribution in [0.25, 0.3) is 0 Å². The summed E-state index contributed by atoms with van der Waals surface area (Å²) in [7, 11) is 0. The van der Waals surface area contributed by atoms with Crippen LogP contribution in [0.4, 0.5) is 0 Å². The summed E-state index contributed by atoms with van der Waals surface area (Å²) >= 11 is 0. The number of hydrogen-bond acceptors (Lipinski definition) is 5. The molecule has 20 heavy (non-hydrogen) atoms. The van der Waals surface area contributed by atoms with Crippen molar-refractivity contribution in [2.75, 3.05) is 26.2 Å². The molecular weight excluding hydrogens is 252 g/mol. The highest BCUT2D eigenvalue weighted by atomic mass is 16.5. The molecule has 1 aliphatic heterocycles. The van der Waals surface area contributed by atoms with Crippen molar-refractivity contribution in [1.29, 1.82) is 0 Å². The first-order valence-electron chi connectivity index (χ1n) is 7.05. The Bertz CT molecular complexity index is 528. The van der Waals surface area contributed by atoms with Crippen molar-refractivity contribution < 1.29 is 4.52 Å². The highest BCUT2D eigenvalue weighted by Gasteiger charge is 2.31. The molecule has 1 aromatic carbocycles. The van der Waals surface area contributed by atoms with Gasteiger partial charge in [-0.3, -0.25) is 4.90 Å². The van der Waals surface area contributed by atoms with Gasteiger partial charge < -0.3 is 9.84 Å². The SMILES string of the molecule is CC1(c2ccccc2)CN(CCc2ncno2)CCN1. The molecule has 0 bridgehead atoms. The summed E-state index contributed by atoms with van der Waals surface area (Å²) in [6.45, 7) is 6.25. The van der Waals surface area contributed by atoms with Gasteiger partial charge in [-0.2, -0.15) is 4.98 Å². The Hall–Kier alpha value is -1.72. The van der Waals surface area contributed by atoms with Crippen LogP contribution < -0.4 is 5.32 Å². The number of rotatable bonds is 4. The average Bonchev–Trinajstić information content (AvgIpc) is 3.00. The minimum atomic E-state index is 0.00829. The summed E-state index contributed by atoms with van der Waals surface area (Å²) < 4.78 is 5.06. The molecule has 5 nitrogen and oxygen atoms in total. The Labute approximate surface area is 119 Å². The van der Waals surface area contributed by atoms with Gasteiger partial charge in [0.25, 0.3) is 0 Å². The first-order chi connectivity index (χ1) is 9.76. The van der Waals surface area contributed by atoms with Gasteiger partial charge in [0.05, 0.1) is 5.54 Å². The third kappa shape index (κ3) is 2.89. The van der Waals surface area contributed by atoms with E-state index in [4.69, 9.17) is 4.52 Å². The minimum Gasteiger partial charge on any atom is -0.340 e. The Morgan fingerprint density at radius 3 is 2.95 bits per heavy atom. The molecule has 1 aromatic heterocycles. The average molecular weight is 272 g/mol. The van der Waals surface area contributed by atoms with E-state index in [0.717, 1.165) is 32.6 Å². The number of nitrogens with one attached hydrogen (secondary N) is 1.